The van der Waals surface area contributed by atoms with Gasteiger partial charge in [-0.3, -0.25) is 0 Å². The van der Waals surface area contributed by atoms with E-state index in [2.05, 4.69) is 53.3 Å². The first kappa shape index (κ1) is 13.1. The Bertz CT molecular complexity index is 467. The van der Waals surface area contributed by atoms with Crippen LogP contribution in [0.25, 0.3) is 0 Å². The average Bonchev–Trinajstić information content (AvgIpc) is 2.91. The molecule has 0 aliphatic rings. The Morgan fingerprint density at radius 2 is 2.11 bits per heavy atom. The Hall–Kier alpha value is -1.32. The molecule has 96 valence electrons. The molecule has 2 rings (SSSR count). The maximum atomic E-state index is 5.15. The molecule has 0 amide bonds. The number of ether oxygens (including phenoxy) is 1. The minimum Gasteiger partial charge on any atom is -0.384 e. The summed E-state index contributed by atoms with van der Waals surface area (Å²) >= 11 is 1.74. The van der Waals surface area contributed by atoms with Crippen molar-refractivity contribution >= 4 is 17.0 Å². The van der Waals surface area contributed by atoms with Gasteiger partial charge in [-0.05, 0) is 47.4 Å². The standard InChI is InChI=1S/C15H19NOS/c1-12(14-8-10-18-11-14)16-15-6-4-3-5-13(15)7-9-17-2/h3-6,8,10-12,16H,7,9H2,1-2H3. The van der Waals surface area contributed by atoms with Crippen molar-refractivity contribution in [2.45, 2.75) is 19.4 Å². The fourth-order valence-electron chi connectivity index (χ4n) is 1.93. The summed E-state index contributed by atoms with van der Waals surface area (Å²) in [4.78, 5) is 0. The first-order chi connectivity index (χ1) is 8.81. The molecule has 0 aliphatic heterocycles. The maximum absolute atomic E-state index is 5.15. The number of para-hydroxylation sites is 1. The lowest BCUT2D eigenvalue weighted by Gasteiger charge is -2.17. The van der Waals surface area contributed by atoms with Crippen molar-refractivity contribution in [2.24, 2.45) is 0 Å². The van der Waals surface area contributed by atoms with E-state index in [0.717, 1.165) is 13.0 Å². The highest BCUT2D eigenvalue weighted by atomic mass is 32.1. The molecular formula is C15H19NOS. The van der Waals surface area contributed by atoms with Crippen LogP contribution in [0.2, 0.25) is 0 Å². The van der Waals surface area contributed by atoms with Gasteiger partial charge in [-0.25, -0.2) is 0 Å². The van der Waals surface area contributed by atoms with Crippen LogP contribution in [0.1, 0.15) is 24.1 Å². The van der Waals surface area contributed by atoms with Gasteiger partial charge in [0.15, 0.2) is 0 Å². The maximum Gasteiger partial charge on any atom is 0.0503 e. The van der Waals surface area contributed by atoms with Gasteiger partial charge in [-0.2, -0.15) is 11.3 Å². The Balaban J connectivity index is 2.08. The Labute approximate surface area is 113 Å². The van der Waals surface area contributed by atoms with Crippen molar-refractivity contribution in [1.29, 1.82) is 0 Å². The number of anilines is 1. The number of benzene rings is 1. The molecule has 0 saturated carbocycles. The molecule has 18 heavy (non-hydrogen) atoms. The van der Waals surface area contributed by atoms with Gasteiger partial charge in [0.05, 0.1) is 6.61 Å². The van der Waals surface area contributed by atoms with Crippen molar-refractivity contribution in [3.8, 4) is 0 Å². The van der Waals surface area contributed by atoms with Gasteiger partial charge in [0.1, 0.15) is 0 Å². The molecular weight excluding hydrogens is 242 g/mol. The molecule has 0 spiro atoms. The lowest BCUT2D eigenvalue weighted by molar-refractivity contribution is 0.202. The third-order valence-corrected chi connectivity index (χ3v) is 3.71. The molecule has 1 heterocycles. The number of hydrogen-bond acceptors (Lipinski definition) is 3. The van der Waals surface area contributed by atoms with Gasteiger partial charge >= 0.3 is 0 Å². The van der Waals surface area contributed by atoms with E-state index in [4.69, 9.17) is 4.74 Å². The first-order valence-corrected chi connectivity index (χ1v) is 7.11. The first-order valence-electron chi connectivity index (χ1n) is 6.16. The minimum absolute atomic E-state index is 0.333. The van der Waals surface area contributed by atoms with Crippen LogP contribution in [-0.4, -0.2) is 13.7 Å². The summed E-state index contributed by atoms with van der Waals surface area (Å²) in [6.07, 6.45) is 0.941. The van der Waals surface area contributed by atoms with Crippen molar-refractivity contribution in [3.05, 3.63) is 52.2 Å². The highest BCUT2D eigenvalue weighted by Gasteiger charge is 2.08. The molecule has 0 bridgehead atoms. The van der Waals surface area contributed by atoms with Gasteiger partial charge in [-0.15, -0.1) is 0 Å². The number of hydrogen-bond donors (Lipinski definition) is 1. The Morgan fingerprint density at radius 3 is 2.83 bits per heavy atom. The van der Waals surface area contributed by atoms with Crippen LogP contribution in [0.4, 0.5) is 5.69 Å². The normalized spacial score (nSPS) is 12.3. The summed E-state index contributed by atoms with van der Waals surface area (Å²) in [5, 5.41) is 7.88. The van der Waals surface area contributed by atoms with Crippen molar-refractivity contribution in [2.75, 3.05) is 19.0 Å². The molecule has 2 nitrogen and oxygen atoms in total. The fourth-order valence-corrected chi connectivity index (χ4v) is 2.68. The van der Waals surface area contributed by atoms with Gasteiger partial charge < -0.3 is 10.1 Å². The second-order valence-corrected chi connectivity index (χ2v) is 5.10. The van der Waals surface area contributed by atoms with Gasteiger partial charge in [0.25, 0.3) is 0 Å². The Morgan fingerprint density at radius 1 is 1.28 bits per heavy atom. The van der Waals surface area contributed by atoms with E-state index in [1.807, 2.05) is 0 Å². The number of nitrogens with one attached hydrogen (secondary N) is 1. The van der Waals surface area contributed by atoms with E-state index in [1.165, 1.54) is 16.8 Å². The second-order valence-electron chi connectivity index (χ2n) is 4.32. The van der Waals surface area contributed by atoms with Crippen LogP contribution in [-0.2, 0) is 11.2 Å². The van der Waals surface area contributed by atoms with Crippen molar-refractivity contribution in [3.63, 3.8) is 0 Å². The monoisotopic (exact) mass is 261 g/mol. The molecule has 0 radical (unpaired) electrons. The van der Waals surface area contributed by atoms with Crippen LogP contribution >= 0.6 is 11.3 Å². The SMILES string of the molecule is COCCc1ccccc1NC(C)c1ccsc1. The second kappa shape index (κ2) is 6.57. The van der Waals surface area contributed by atoms with E-state index >= 15 is 0 Å². The molecule has 0 fully saturated rings. The van der Waals surface area contributed by atoms with Gasteiger partial charge in [0, 0.05) is 18.8 Å². The third kappa shape index (κ3) is 3.34. The van der Waals surface area contributed by atoms with E-state index in [9.17, 15) is 0 Å². The summed E-state index contributed by atoms with van der Waals surface area (Å²) in [5.74, 6) is 0. The minimum atomic E-state index is 0.333. The van der Waals surface area contributed by atoms with Crippen LogP contribution in [0, 0.1) is 0 Å². The summed E-state index contributed by atoms with van der Waals surface area (Å²) in [6, 6.07) is 10.9. The third-order valence-electron chi connectivity index (χ3n) is 3.01. The summed E-state index contributed by atoms with van der Waals surface area (Å²) in [5.41, 5.74) is 3.84. The number of methoxy groups -OCH3 is 1. The van der Waals surface area contributed by atoms with Gasteiger partial charge in [0.2, 0.25) is 0 Å². The van der Waals surface area contributed by atoms with Crippen LogP contribution < -0.4 is 5.32 Å². The topological polar surface area (TPSA) is 21.3 Å². The summed E-state index contributed by atoms with van der Waals surface area (Å²) in [7, 11) is 1.74. The van der Waals surface area contributed by atoms with E-state index in [-0.39, 0.29) is 0 Å². The lowest BCUT2D eigenvalue weighted by atomic mass is 10.1. The Kier molecular flexibility index (Phi) is 4.79. The van der Waals surface area contributed by atoms with Crippen LogP contribution in [0.15, 0.2) is 41.1 Å². The molecule has 0 saturated heterocycles. The lowest BCUT2D eigenvalue weighted by Crippen LogP contribution is -2.08. The average molecular weight is 261 g/mol. The zero-order chi connectivity index (χ0) is 12.8. The highest BCUT2D eigenvalue weighted by molar-refractivity contribution is 7.07. The molecule has 3 heteroatoms. The molecule has 2 aromatic rings. The summed E-state index contributed by atoms with van der Waals surface area (Å²) in [6.45, 7) is 2.95. The van der Waals surface area contributed by atoms with Gasteiger partial charge in [-0.1, -0.05) is 18.2 Å². The van der Waals surface area contributed by atoms with Crippen LogP contribution in [0.3, 0.4) is 0 Å². The smallest absolute Gasteiger partial charge is 0.0503 e. The summed E-state index contributed by atoms with van der Waals surface area (Å²) < 4.78 is 5.15. The molecule has 1 atom stereocenters. The quantitative estimate of drug-likeness (QED) is 0.845. The van der Waals surface area contributed by atoms with Crippen molar-refractivity contribution < 1.29 is 4.74 Å². The fraction of sp³-hybridized carbons (Fsp3) is 0.333. The highest BCUT2D eigenvalue weighted by Crippen LogP contribution is 2.24. The molecule has 1 aromatic carbocycles. The van der Waals surface area contributed by atoms with E-state index in [1.54, 1.807) is 18.4 Å². The molecule has 1 aromatic heterocycles. The molecule has 1 unspecified atom stereocenters. The predicted octanol–water partition coefficient (Wildman–Crippen LogP) is 4.11. The molecule has 0 aliphatic carbocycles. The zero-order valence-corrected chi connectivity index (χ0v) is 11.7. The predicted molar refractivity (Wildman–Crippen MR) is 78.4 cm³/mol. The van der Waals surface area contributed by atoms with Crippen LogP contribution in [0.5, 0.6) is 0 Å². The van der Waals surface area contributed by atoms with Crippen molar-refractivity contribution in [1.82, 2.24) is 0 Å². The zero-order valence-electron chi connectivity index (χ0n) is 10.8. The molecule has 1 N–H and O–H groups in total. The van der Waals surface area contributed by atoms with E-state index < -0.39 is 0 Å². The van der Waals surface area contributed by atoms with E-state index in [0.29, 0.717) is 6.04 Å². The number of thiophene rings is 1. The largest absolute Gasteiger partial charge is 0.384 e. The number of rotatable bonds is 6.